The van der Waals surface area contributed by atoms with Gasteiger partial charge in [-0.15, -0.1) is 11.3 Å². The van der Waals surface area contributed by atoms with E-state index in [1.165, 1.54) is 17.4 Å². The number of aryl methyl sites for hydroxylation is 1. The van der Waals surface area contributed by atoms with Gasteiger partial charge < -0.3 is 4.90 Å². The van der Waals surface area contributed by atoms with Crippen molar-refractivity contribution in [2.75, 3.05) is 36.0 Å². The summed E-state index contributed by atoms with van der Waals surface area (Å²) in [5.74, 6) is -1.32. The number of piperazine rings is 1. The first-order valence-electron chi connectivity index (χ1n) is 13.7. The molecule has 0 N–H and O–H groups in total. The van der Waals surface area contributed by atoms with Crippen LogP contribution in [-0.4, -0.2) is 48.7 Å². The fourth-order valence-electron chi connectivity index (χ4n) is 5.58. The minimum absolute atomic E-state index is 0.267. The summed E-state index contributed by atoms with van der Waals surface area (Å²) in [5, 5.41) is 0.382. The molecular formula is C32H24Cl2F3N3O3S. The number of imide groups is 1. The zero-order chi connectivity index (χ0) is 31.3. The smallest absolute Gasteiger partial charge is 0.369 e. The Bertz CT molecular complexity index is 1760. The third-order valence-electron chi connectivity index (χ3n) is 7.90. The van der Waals surface area contributed by atoms with Crippen molar-refractivity contribution in [2.24, 2.45) is 0 Å². The molecule has 3 aromatic carbocycles. The van der Waals surface area contributed by atoms with E-state index >= 15 is 0 Å². The van der Waals surface area contributed by atoms with Gasteiger partial charge in [0.05, 0.1) is 27.3 Å². The van der Waals surface area contributed by atoms with Crippen molar-refractivity contribution in [3.05, 3.63) is 115 Å². The Kier molecular flexibility index (Phi) is 8.04. The monoisotopic (exact) mass is 657 g/mol. The maximum absolute atomic E-state index is 14.1. The molecule has 2 aliphatic rings. The zero-order valence-electron chi connectivity index (χ0n) is 23.3. The van der Waals surface area contributed by atoms with Gasteiger partial charge >= 0.3 is 6.18 Å². The van der Waals surface area contributed by atoms with Crippen molar-refractivity contribution in [2.45, 2.75) is 19.6 Å². The first-order valence-corrected chi connectivity index (χ1v) is 15.3. The Labute approximate surface area is 265 Å². The van der Waals surface area contributed by atoms with Crippen LogP contribution in [0.3, 0.4) is 0 Å². The van der Waals surface area contributed by atoms with Crippen molar-refractivity contribution >= 4 is 62.8 Å². The lowest BCUT2D eigenvalue weighted by atomic mass is 9.99. The molecule has 3 heterocycles. The third kappa shape index (κ3) is 5.51. The molecule has 6 rings (SSSR count). The Morgan fingerprint density at radius 3 is 2.09 bits per heavy atom. The standard InChI is InChI=1S/C32H24Cl2F3N3O3S/c1-18-24(17-38-12-14-39(15-13-38)21-10-11-26(34)25(16-21)32(35,36)37)27(28(41)19-6-8-20(33)9-7-19)31(44-18)40-29(42)22-4-2-3-5-23(22)30(40)43/h2-11,16H,12-15,17H2,1H3. The van der Waals surface area contributed by atoms with E-state index in [1.54, 1.807) is 54.6 Å². The van der Waals surface area contributed by atoms with Crippen molar-refractivity contribution in [3.8, 4) is 0 Å². The number of ketones is 1. The van der Waals surface area contributed by atoms with Crippen LogP contribution >= 0.6 is 34.5 Å². The van der Waals surface area contributed by atoms with Crippen LogP contribution in [0.5, 0.6) is 0 Å². The number of rotatable bonds is 6. The fourth-order valence-corrected chi connectivity index (χ4v) is 7.08. The van der Waals surface area contributed by atoms with Crippen molar-refractivity contribution in [3.63, 3.8) is 0 Å². The molecule has 2 aliphatic heterocycles. The first-order chi connectivity index (χ1) is 20.9. The largest absolute Gasteiger partial charge is 0.417 e. The Morgan fingerprint density at radius 1 is 0.886 bits per heavy atom. The van der Waals surface area contributed by atoms with E-state index in [1.807, 2.05) is 11.8 Å². The van der Waals surface area contributed by atoms with Crippen LogP contribution in [0.2, 0.25) is 10.0 Å². The summed E-state index contributed by atoms with van der Waals surface area (Å²) in [6.07, 6.45) is -4.56. The quantitative estimate of drug-likeness (QED) is 0.157. The SMILES string of the molecule is Cc1sc(N2C(=O)c3ccccc3C2=O)c(C(=O)c2ccc(Cl)cc2)c1CN1CCN(c2ccc(Cl)c(C(F)(F)F)c2)CC1. The van der Waals surface area contributed by atoms with Gasteiger partial charge in [-0.2, -0.15) is 13.2 Å². The van der Waals surface area contributed by atoms with Crippen LogP contribution in [0, 0.1) is 6.92 Å². The number of hydrogen-bond donors (Lipinski definition) is 0. The predicted molar refractivity (Wildman–Crippen MR) is 165 cm³/mol. The molecule has 1 aromatic heterocycles. The lowest BCUT2D eigenvalue weighted by molar-refractivity contribution is -0.137. The summed E-state index contributed by atoms with van der Waals surface area (Å²) in [6, 6.07) is 16.9. The molecule has 0 unspecified atom stereocenters. The fraction of sp³-hybridized carbons (Fsp3) is 0.219. The number of alkyl halides is 3. The molecule has 0 atom stereocenters. The summed E-state index contributed by atoms with van der Waals surface area (Å²) < 4.78 is 40.3. The minimum atomic E-state index is -4.56. The number of thiophene rings is 1. The highest BCUT2D eigenvalue weighted by atomic mass is 35.5. The molecule has 0 radical (unpaired) electrons. The van der Waals surface area contributed by atoms with Crippen molar-refractivity contribution in [1.82, 2.24) is 4.90 Å². The summed E-state index contributed by atoms with van der Waals surface area (Å²) in [4.78, 5) is 46.8. The van der Waals surface area contributed by atoms with E-state index in [0.717, 1.165) is 15.8 Å². The second kappa shape index (κ2) is 11.7. The number of carbonyl (C=O) groups is 3. The van der Waals surface area contributed by atoms with Crippen molar-refractivity contribution in [1.29, 1.82) is 0 Å². The molecule has 1 saturated heterocycles. The van der Waals surface area contributed by atoms with E-state index in [0.29, 0.717) is 54.6 Å². The zero-order valence-corrected chi connectivity index (χ0v) is 25.6. The van der Waals surface area contributed by atoms with E-state index in [-0.39, 0.29) is 32.5 Å². The van der Waals surface area contributed by atoms with E-state index < -0.39 is 23.6 Å². The molecule has 0 spiro atoms. The normalized spacial score (nSPS) is 15.7. The van der Waals surface area contributed by atoms with Gasteiger partial charge in [0.25, 0.3) is 11.8 Å². The van der Waals surface area contributed by atoms with Crippen molar-refractivity contribution < 1.29 is 27.6 Å². The van der Waals surface area contributed by atoms with Crippen LogP contribution in [0.15, 0.2) is 66.7 Å². The second-order valence-electron chi connectivity index (χ2n) is 10.6. The molecule has 44 heavy (non-hydrogen) atoms. The molecule has 6 nitrogen and oxygen atoms in total. The summed E-state index contributed by atoms with van der Waals surface area (Å²) >= 11 is 13.1. The number of anilines is 2. The second-order valence-corrected chi connectivity index (χ2v) is 12.6. The molecule has 4 aromatic rings. The maximum Gasteiger partial charge on any atom is 0.417 e. The Morgan fingerprint density at radius 2 is 1.50 bits per heavy atom. The first kappa shape index (κ1) is 30.3. The van der Waals surface area contributed by atoms with Crippen LogP contribution in [0.4, 0.5) is 23.9 Å². The van der Waals surface area contributed by atoms with E-state index in [9.17, 15) is 27.6 Å². The molecule has 0 saturated carbocycles. The van der Waals surface area contributed by atoms with Gasteiger partial charge in [-0.3, -0.25) is 19.3 Å². The van der Waals surface area contributed by atoms with Gasteiger partial charge in [0, 0.05) is 53.9 Å². The van der Waals surface area contributed by atoms with Crippen LogP contribution < -0.4 is 9.80 Å². The van der Waals surface area contributed by atoms with Gasteiger partial charge in [-0.05, 0) is 67.1 Å². The highest BCUT2D eigenvalue weighted by molar-refractivity contribution is 7.17. The average Bonchev–Trinajstić information content (AvgIpc) is 3.45. The molecule has 2 amide bonds. The summed E-state index contributed by atoms with van der Waals surface area (Å²) in [7, 11) is 0. The number of fused-ring (bicyclic) bond motifs is 1. The maximum atomic E-state index is 14.1. The summed E-state index contributed by atoms with van der Waals surface area (Å²) in [5.41, 5.74) is 1.45. The predicted octanol–water partition coefficient (Wildman–Crippen LogP) is 7.74. The van der Waals surface area contributed by atoms with Gasteiger partial charge in [0.15, 0.2) is 5.78 Å². The Hall–Kier alpha value is -3.70. The lowest BCUT2D eigenvalue weighted by Crippen LogP contribution is -2.46. The number of amides is 2. The Balaban J connectivity index is 1.30. The lowest BCUT2D eigenvalue weighted by Gasteiger charge is -2.36. The van der Waals surface area contributed by atoms with Crippen LogP contribution in [0.1, 0.15) is 52.6 Å². The van der Waals surface area contributed by atoms with Gasteiger partial charge in [0.1, 0.15) is 5.00 Å². The summed E-state index contributed by atoms with van der Waals surface area (Å²) in [6.45, 7) is 4.12. The van der Waals surface area contributed by atoms with E-state index in [2.05, 4.69) is 4.90 Å². The molecule has 1 fully saturated rings. The van der Waals surface area contributed by atoms with E-state index in [4.69, 9.17) is 23.2 Å². The third-order valence-corrected chi connectivity index (χ3v) is 9.61. The average molecular weight is 659 g/mol. The number of carbonyl (C=O) groups excluding carboxylic acids is 3. The van der Waals surface area contributed by atoms with Gasteiger partial charge in [0.2, 0.25) is 0 Å². The highest BCUT2D eigenvalue weighted by Gasteiger charge is 2.41. The molecule has 12 heteroatoms. The van der Waals surface area contributed by atoms with Gasteiger partial charge in [-0.1, -0.05) is 35.3 Å². The number of benzene rings is 3. The molecule has 226 valence electrons. The number of nitrogens with zero attached hydrogens (tertiary/aromatic N) is 3. The number of hydrogen-bond acceptors (Lipinski definition) is 6. The van der Waals surface area contributed by atoms with Crippen LogP contribution in [0.25, 0.3) is 0 Å². The van der Waals surface area contributed by atoms with Gasteiger partial charge in [-0.25, -0.2) is 4.90 Å². The molecule has 0 bridgehead atoms. The van der Waals surface area contributed by atoms with Crippen LogP contribution in [-0.2, 0) is 12.7 Å². The highest BCUT2D eigenvalue weighted by Crippen LogP contribution is 2.42. The topological polar surface area (TPSA) is 60.9 Å². The number of halogens is 5. The minimum Gasteiger partial charge on any atom is -0.369 e. The molecular weight excluding hydrogens is 634 g/mol. The molecule has 0 aliphatic carbocycles.